The highest BCUT2D eigenvalue weighted by Gasteiger charge is 2.21. The lowest BCUT2D eigenvalue weighted by molar-refractivity contribution is 0.0520. The van der Waals surface area contributed by atoms with Crippen LogP contribution in [0.25, 0.3) is 0 Å². The summed E-state index contributed by atoms with van der Waals surface area (Å²) < 4.78 is 5.43. The van der Waals surface area contributed by atoms with Crippen molar-refractivity contribution in [2.24, 2.45) is 17.6 Å². The molecule has 2 aliphatic rings. The largest absolute Gasteiger partial charge is 0.381 e. The van der Waals surface area contributed by atoms with E-state index in [-0.39, 0.29) is 0 Å². The fourth-order valence-electron chi connectivity index (χ4n) is 3.46. The fourth-order valence-corrected chi connectivity index (χ4v) is 3.46. The van der Waals surface area contributed by atoms with Crippen LogP contribution in [0.1, 0.15) is 25.7 Å². The smallest absolute Gasteiger partial charge is 0.0469 e. The van der Waals surface area contributed by atoms with Crippen LogP contribution in [0, 0.1) is 11.8 Å². The first kappa shape index (κ1) is 15.2. The molecule has 2 saturated heterocycles. The molecule has 0 aromatic carbocycles. The maximum Gasteiger partial charge on any atom is 0.0469 e. The molecule has 2 fully saturated rings. The van der Waals surface area contributed by atoms with Gasteiger partial charge in [0.2, 0.25) is 0 Å². The highest BCUT2D eigenvalue weighted by Crippen LogP contribution is 2.20. The molecule has 0 saturated carbocycles. The SMILES string of the molecule is CN(CC1CCOCC1)CC1CCN(CCN)CC1. The number of rotatable bonds is 6. The van der Waals surface area contributed by atoms with Crippen molar-refractivity contribution in [3.63, 3.8) is 0 Å². The molecule has 0 atom stereocenters. The summed E-state index contributed by atoms with van der Waals surface area (Å²) in [4.78, 5) is 5.06. The third-order valence-corrected chi connectivity index (χ3v) is 4.63. The molecule has 0 bridgehead atoms. The van der Waals surface area contributed by atoms with Gasteiger partial charge in [-0.1, -0.05) is 0 Å². The van der Waals surface area contributed by atoms with Gasteiger partial charge in [-0.15, -0.1) is 0 Å². The minimum atomic E-state index is 0.800. The Kier molecular flexibility index (Phi) is 6.57. The summed E-state index contributed by atoms with van der Waals surface area (Å²) in [5, 5.41) is 0. The Labute approximate surface area is 118 Å². The van der Waals surface area contributed by atoms with E-state index in [1.165, 1.54) is 51.9 Å². The topological polar surface area (TPSA) is 41.7 Å². The maximum atomic E-state index is 5.62. The van der Waals surface area contributed by atoms with E-state index in [1.54, 1.807) is 0 Å². The van der Waals surface area contributed by atoms with Crippen molar-refractivity contribution in [1.29, 1.82) is 0 Å². The lowest BCUT2D eigenvalue weighted by atomic mass is 9.95. The molecule has 0 amide bonds. The Morgan fingerprint density at radius 2 is 1.63 bits per heavy atom. The Hall–Kier alpha value is -0.160. The second-order valence-electron chi connectivity index (χ2n) is 6.35. The molecule has 19 heavy (non-hydrogen) atoms. The van der Waals surface area contributed by atoms with Crippen molar-refractivity contribution in [2.75, 3.05) is 59.5 Å². The van der Waals surface area contributed by atoms with Gasteiger partial charge < -0.3 is 20.3 Å². The molecule has 4 heteroatoms. The Morgan fingerprint density at radius 1 is 1.05 bits per heavy atom. The molecule has 0 spiro atoms. The van der Waals surface area contributed by atoms with E-state index >= 15 is 0 Å². The summed E-state index contributed by atoms with van der Waals surface area (Å²) in [7, 11) is 2.29. The Morgan fingerprint density at radius 3 is 2.21 bits per heavy atom. The lowest BCUT2D eigenvalue weighted by Gasteiger charge is -2.35. The molecule has 4 nitrogen and oxygen atoms in total. The number of piperidine rings is 1. The number of likely N-dealkylation sites (tertiary alicyclic amines) is 1. The molecule has 0 radical (unpaired) electrons. The minimum absolute atomic E-state index is 0.800. The highest BCUT2D eigenvalue weighted by atomic mass is 16.5. The second-order valence-corrected chi connectivity index (χ2v) is 6.35. The monoisotopic (exact) mass is 269 g/mol. The van der Waals surface area contributed by atoms with Crippen LogP contribution in [0.15, 0.2) is 0 Å². The average Bonchev–Trinajstić information content (AvgIpc) is 2.42. The van der Waals surface area contributed by atoms with Crippen molar-refractivity contribution in [3.05, 3.63) is 0 Å². The van der Waals surface area contributed by atoms with Gasteiger partial charge in [-0.3, -0.25) is 0 Å². The lowest BCUT2D eigenvalue weighted by Crippen LogP contribution is -2.41. The highest BCUT2D eigenvalue weighted by molar-refractivity contribution is 4.76. The predicted octanol–water partition coefficient (Wildman–Crippen LogP) is 1.02. The van der Waals surface area contributed by atoms with Crippen molar-refractivity contribution in [3.8, 4) is 0 Å². The van der Waals surface area contributed by atoms with Gasteiger partial charge in [0.25, 0.3) is 0 Å². The predicted molar refractivity (Wildman–Crippen MR) is 79.3 cm³/mol. The van der Waals surface area contributed by atoms with E-state index in [4.69, 9.17) is 10.5 Å². The van der Waals surface area contributed by atoms with Crippen molar-refractivity contribution >= 4 is 0 Å². The summed E-state index contributed by atoms with van der Waals surface area (Å²) in [5.74, 6) is 1.75. The van der Waals surface area contributed by atoms with Gasteiger partial charge in [0.15, 0.2) is 0 Å². The summed E-state index contributed by atoms with van der Waals surface area (Å²) in [5.41, 5.74) is 5.62. The normalized spacial score (nSPS) is 24.2. The van der Waals surface area contributed by atoms with E-state index in [1.807, 2.05) is 0 Å². The van der Waals surface area contributed by atoms with Crippen LogP contribution in [-0.4, -0.2) is 69.3 Å². The van der Waals surface area contributed by atoms with Crippen LogP contribution in [0.5, 0.6) is 0 Å². The first-order valence-corrected chi connectivity index (χ1v) is 7.96. The van der Waals surface area contributed by atoms with Gasteiger partial charge in [-0.25, -0.2) is 0 Å². The van der Waals surface area contributed by atoms with Crippen molar-refractivity contribution in [2.45, 2.75) is 25.7 Å². The van der Waals surface area contributed by atoms with Crippen LogP contribution in [0.2, 0.25) is 0 Å². The van der Waals surface area contributed by atoms with Gasteiger partial charge in [-0.2, -0.15) is 0 Å². The quantitative estimate of drug-likeness (QED) is 0.781. The molecule has 2 N–H and O–H groups in total. The van der Waals surface area contributed by atoms with Crippen molar-refractivity contribution < 1.29 is 4.74 Å². The Bertz CT molecular complexity index is 236. The molecule has 112 valence electrons. The van der Waals surface area contributed by atoms with E-state index in [9.17, 15) is 0 Å². The van der Waals surface area contributed by atoms with Gasteiger partial charge in [0.05, 0.1) is 0 Å². The Balaban J connectivity index is 1.61. The minimum Gasteiger partial charge on any atom is -0.381 e. The zero-order valence-electron chi connectivity index (χ0n) is 12.5. The van der Waals surface area contributed by atoms with Crippen LogP contribution >= 0.6 is 0 Å². The van der Waals surface area contributed by atoms with E-state index in [0.29, 0.717) is 0 Å². The van der Waals surface area contributed by atoms with Crippen LogP contribution < -0.4 is 5.73 Å². The van der Waals surface area contributed by atoms with Crippen LogP contribution in [-0.2, 0) is 4.74 Å². The molecule has 0 aliphatic carbocycles. The first-order valence-electron chi connectivity index (χ1n) is 7.96. The van der Waals surface area contributed by atoms with Crippen LogP contribution in [0.3, 0.4) is 0 Å². The third kappa shape index (κ3) is 5.38. The van der Waals surface area contributed by atoms with Crippen LogP contribution in [0.4, 0.5) is 0 Å². The number of hydrogen-bond acceptors (Lipinski definition) is 4. The average molecular weight is 269 g/mol. The molecular formula is C15H31N3O. The molecule has 2 heterocycles. The zero-order chi connectivity index (χ0) is 13.5. The molecule has 2 aliphatic heterocycles. The van der Waals surface area contributed by atoms with Gasteiger partial charge >= 0.3 is 0 Å². The third-order valence-electron chi connectivity index (χ3n) is 4.63. The molecule has 0 aromatic heterocycles. The zero-order valence-corrected chi connectivity index (χ0v) is 12.5. The number of hydrogen-bond donors (Lipinski definition) is 1. The van der Waals surface area contributed by atoms with E-state index in [0.717, 1.165) is 38.1 Å². The standard InChI is InChI=1S/C15H31N3O/c1-17(13-15-4-10-19-11-5-15)12-14-2-7-18(8-3-14)9-6-16/h14-15H,2-13,16H2,1H3. The number of nitrogens with two attached hydrogens (primary N) is 1. The summed E-state index contributed by atoms with van der Waals surface area (Å²) in [6, 6.07) is 0. The van der Waals surface area contributed by atoms with Gasteiger partial charge in [-0.05, 0) is 57.7 Å². The van der Waals surface area contributed by atoms with Gasteiger partial charge in [0.1, 0.15) is 0 Å². The number of ether oxygens (including phenoxy) is 1. The summed E-state index contributed by atoms with van der Waals surface area (Å²) in [6.07, 6.45) is 5.19. The molecular weight excluding hydrogens is 238 g/mol. The summed E-state index contributed by atoms with van der Waals surface area (Å²) in [6.45, 7) is 8.82. The fraction of sp³-hybridized carbons (Fsp3) is 1.00. The summed E-state index contributed by atoms with van der Waals surface area (Å²) >= 11 is 0. The van der Waals surface area contributed by atoms with Crippen molar-refractivity contribution in [1.82, 2.24) is 9.80 Å². The maximum absolute atomic E-state index is 5.62. The molecule has 0 unspecified atom stereocenters. The second kappa shape index (κ2) is 8.20. The number of nitrogens with zero attached hydrogens (tertiary/aromatic N) is 2. The first-order chi connectivity index (χ1) is 9.28. The molecule has 0 aromatic rings. The van der Waals surface area contributed by atoms with E-state index in [2.05, 4.69) is 16.8 Å². The van der Waals surface area contributed by atoms with Gasteiger partial charge in [0, 0.05) is 39.4 Å². The van der Waals surface area contributed by atoms with E-state index < -0.39 is 0 Å². The molecule has 2 rings (SSSR count).